The highest BCUT2D eigenvalue weighted by Crippen LogP contribution is 2.46. The fourth-order valence-corrected chi connectivity index (χ4v) is 3.68. The Morgan fingerprint density at radius 2 is 2.12 bits per heavy atom. The summed E-state index contributed by atoms with van der Waals surface area (Å²) in [6.07, 6.45) is 3.86. The predicted molar refractivity (Wildman–Crippen MR) is 77.4 cm³/mol. The maximum Gasteiger partial charge on any atom is 0.0178 e. The molecule has 0 radical (unpaired) electrons. The molecule has 1 heterocycles. The summed E-state index contributed by atoms with van der Waals surface area (Å²) in [6, 6.07) is 8.84. The van der Waals surface area contributed by atoms with E-state index >= 15 is 0 Å². The molecule has 0 saturated carbocycles. The van der Waals surface area contributed by atoms with Crippen LogP contribution in [0.2, 0.25) is 0 Å². The number of nitrogens with one attached hydrogen (secondary N) is 1. The number of hydrogen-bond donors (Lipinski definition) is 1. The van der Waals surface area contributed by atoms with Gasteiger partial charge >= 0.3 is 0 Å². The SMILES string of the molecule is CCC1(CC)CCNCC1c1cccc(Br)c1. The molecule has 1 aliphatic heterocycles. The molecule has 2 rings (SSSR count). The molecule has 1 aromatic carbocycles. The topological polar surface area (TPSA) is 12.0 Å². The van der Waals surface area contributed by atoms with Gasteiger partial charge in [0, 0.05) is 16.9 Å². The lowest BCUT2D eigenvalue weighted by Gasteiger charge is -2.44. The summed E-state index contributed by atoms with van der Waals surface area (Å²) in [4.78, 5) is 0. The van der Waals surface area contributed by atoms with Crippen molar-refractivity contribution in [3.05, 3.63) is 34.3 Å². The van der Waals surface area contributed by atoms with Crippen LogP contribution < -0.4 is 5.32 Å². The molecule has 0 aliphatic carbocycles. The molecule has 0 spiro atoms. The van der Waals surface area contributed by atoms with Crippen molar-refractivity contribution in [3.63, 3.8) is 0 Å². The van der Waals surface area contributed by atoms with Crippen LogP contribution in [0.4, 0.5) is 0 Å². The van der Waals surface area contributed by atoms with E-state index in [-0.39, 0.29) is 0 Å². The van der Waals surface area contributed by atoms with E-state index in [1.54, 1.807) is 0 Å². The highest BCUT2D eigenvalue weighted by atomic mass is 79.9. The first-order chi connectivity index (χ1) is 8.22. The summed E-state index contributed by atoms with van der Waals surface area (Å²) >= 11 is 3.59. The summed E-state index contributed by atoms with van der Waals surface area (Å²) in [5.41, 5.74) is 1.97. The van der Waals surface area contributed by atoms with Gasteiger partial charge in [0.25, 0.3) is 0 Å². The smallest absolute Gasteiger partial charge is 0.0178 e. The van der Waals surface area contributed by atoms with E-state index in [1.165, 1.54) is 35.8 Å². The lowest BCUT2D eigenvalue weighted by atomic mass is 9.65. The molecule has 94 valence electrons. The molecule has 1 nitrogen and oxygen atoms in total. The van der Waals surface area contributed by atoms with Crippen molar-refractivity contribution in [3.8, 4) is 0 Å². The average molecular weight is 296 g/mol. The van der Waals surface area contributed by atoms with Gasteiger partial charge in [-0.15, -0.1) is 0 Å². The van der Waals surface area contributed by atoms with Crippen LogP contribution in [0.3, 0.4) is 0 Å². The molecule has 1 unspecified atom stereocenters. The van der Waals surface area contributed by atoms with Crippen LogP contribution in [-0.4, -0.2) is 13.1 Å². The first kappa shape index (κ1) is 13.1. The van der Waals surface area contributed by atoms with Crippen LogP contribution in [0, 0.1) is 5.41 Å². The van der Waals surface area contributed by atoms with Crippen molar-refractivity contribution in [2.45, 2.75) is 39.0 Å². The second kappa shape index (κ2) is 5.53. The Morgan fingerprint density at radius 3 is 2.76 bits per heavy atom. The van der Waals surface area contributed by atoms with Crippen LogP contribution in [0.1, 0.15) is 44.6 Å². The van der Waals surface area contributed by atoms with Gasteiger partial charge in [0.2, 0.25) is 0 Å². The van der Waals surface area contributed by atoms with Crippen molar-refractivity contribution in [2.75, 3.05) is 13.1 Å². The van der Waals surface area contributed by atoms with Gasteiger partial charge in [-0.3, -0.25) is 0 Å². The molecular weight excluding hydrogens is 274 g/mol. The van der Waals surface area contributed by atoms with Gasteiger partial charge in [0.05, 0.1) is 0 Å². The van der Waals surface area contributed by atoms with Crippen molar-refractivity contribution < 1.29 is 0 Å². The fraction of sp³-hybridized carbons (Fsp3) is 0.600. The lowest BCUT2D eigenvalue weighted by molar-refractivity contribution is 0.148. The van der Waals surface area contributed by atoms with Crippen LogP contribution in [0.5, 0.6) is 0 Å². The Morgan fingerprint density at radius 1 is 1.35 bits per heavy atom. The molecule has 0 bridgehead atoms. The molecule has 0 amide bonds. The summed E-state index contributed by atoms with van der Waals surface area (Å²) in [5.74, 6) is 0.656. The van der Waals surface area contributed by atoms with Gasteiger partial charge < -0.3 is 5.32 Å². The van der Waals surface area contributed by atoms with E-state index in [9.17, 15) is 0 Å². The van der Waals surface area contributed by atoms with E-state index < -0.39 is 0 Å². The average Bonchev–Trinajstić information content (AvgIpc) is 2.38. The fourth-order valence-electron chi connectivity index (χ4n) is 3.27. The maximum atomic E-state index is 3.59. The third-order valence-electron chi connectivity index (χ3n) is 4.55. The zero-order valence-electron chi connectivity index (χ0n) is 10.8. The lowest BCUT2D eigenvalue weighted by Crippen LogP contribution is -2.43. The Balaban J connectivity index is 2.33. The molecule has 2 heteroatoms. The van der Waals surface area contributed by atoms with Gasteiger partial charge in [-0.1, -0.05) is 41.9 Å². The molecule has 1 saturated heterocycles. The molecule has 1 N–H and O–H groups in total. The van der Waals surface area contributed by atoms with Crippen molar-refractivity contribution in [1.29, 1.82) is 0 Å². The maximum absolute atomic E-state index is 3.59. The minimum atomic E-state index is 0.492. The summed E-state index contributed by atoms with van der Waals surface area (Å²) < 4.78 is 1.20. The van der Waals surface area contributed by atoms with Gasteiger partial charge in [0.15, 0.2) is 0 Å². The number of benzene rings is 1. The normalized spacial score (nSPS) is 23.6. The highest BCUT2D eigenvalue weighted by Gasteiger charge is 2.38. The van der Waals surface area contributed by atoms with E-state index in [2.05, 4.69) is 59.4 Å². The zero-order chi connectivity index (χ0) is 12.3. The van der Waals surface area contributed by atoms with E-state index in [0.717, 1.165) is 6.54 Å². The first-order valence-corrected chi connectivity index (χ1v) is 7.47. The minimum absolute atomic E-state index is 0.492. The Kier molecular flexibility index (Phi) is 4.26. The Bertz CT molecular complexity index is 371. The number of hydrogen-bond acceptors (Lipinski definition) is 1. The van der Waals surface area contributed by atoms with Gasteiger partial charge in [-0.2, -0.15) is 0 Å². The minimum Gasteiger partial charge on any atom is -0.316 e. The molecule has 0 aromatic heterocycles. The van der Waals surface area contributed by atoms with E-state index in [0.29, 0.717) is 11.3 Å². The summed E-state index contributed by atoms with van der Waals surface area (Å²) in [6.45, 7) is 6.99. The standard InChI is InChI=1S/C15H22BrN/c1-3-15(4-2)8-9-17-11-14(15)12-6-5-7-13(16)10-12/h5-7,10,14,17H,3-4,8-9,11H2,1-2H3. The number of halogens is 1. The summed E-state index contributed by atoms with van der Waals surface area (Å²) in [7, 11) is 0. The molecule has 1 aromatic rings. The quantitative estimate of drug-likeness (QED) is 0.875. The first-order valence-electron chi connectivity index (χ1n) is 6.68. The molecule has 1 atom stereocenters. The molecule has 17 heavy (non-hydrogen) atoms. The zero-order valence-corrected chi connectivity index (χ0v) is 12.4. The number of rotatable bonds is 3. The van der Waals surface area contributed by atoms with Crippen LogP contribution in [0.25, 0.3) is 0 Å². The van der Waals surface area contributed by atoms with E-state index in [4.69, 9.17) is 0 Å². The molecule has 1 fully saturated rings. The van der Waals surface area contributed by atoms with Crippen LogP contribution in [-0.2, 0) is 0 Å². The van der Waals surface area contributed by atoms with Crippen LogP contribution in [0.15, 0.2) is 28.7 Å². The third-order valence-corrected chi connectivity index (χ3v) is 5.04. The van der Waals surface area contributed by atoms with Crippen molar-refractivity contribution in [2.24, 2.45) is 5.41 Å². The van der Waals surface area contributed by atoms with Crippen molar-refractivity contribution >= 4 is 15.9 Å². The monoisotopic (exact) mass is 295 g/mol. The second-order valence-electron chi connectivity index (χ2n) is 5.13. The third kappa shape index (κ3) is 2.58. The predicted octanol–water partition coefficient (Wildman–Crippen LogP) is 4.33. The molecular formula is C15H22BrN. The number of piperidine rings is 1. The Hall–Kier alpha value is -0.340. The van der Waals surface area contributed by atoms with E-state index in [1.807, 2.05) is 0 Å². The Labute approximate surface area is 113 Å². The summed E-state index contributed by atoms with van der Waals surface area (Å²) in [5, 5.41) is 3.56. The van der Waals surface area contributed by atoms with Crippen LogP contribution >= 0.6 is 15.9 Å². The van der Waals surface area contributed by atoms with Gasteiger partial charge in [0.1, 0.15) is 0 Å². The second-order valence-corrected chi connectivity index (χ2v) is 6.05. The van der Waals surface area contributed by atoms with Crippen molar-refractivity contribution in [1.82, 2.24) is 5.32 Å². The highest BCUT2D eigenvalue weighted by molar-refractivity contribution is 9.10. The van der Waals surface area contributed by atoms with Gasteiger partial charge in [-0.25, -0.2) is 0 Å². The largest absolute Gasteiger partial charge is 0.316 e. The van der Waals surface area contributed by atoms with Gasteiger partial charge in [-0.05, 0) is 48.9 Å². The molecule has 1 aliphatic rings.